The van der Waals surface area contributed by atoms with Crippen molar-refractivity contribution in [3.63, 3.8) is 0 Å². The van der Waals surface area contributed by atoms with Crippen LogP contribution in [0.2, 0.25) is 0 Å². The van der Waals surface area contributed by atoms with Crippen LogP contribution in [0, 0.1) is 19.7 Å². The van der Waals surface area contributed by atoms with Crippen LogP contribution in [0.25, 0.3) is 5.69 Å². The molecule has 0 radical (unpaired) electrons. The molecule has 0 spiro atoms. The van der Waals surface area contributed by atoms with Gasteiger partial charge < -0.3 is 9.84 Å². The number of benzene rings is 1. The quantitative estimate of drug-likeness (QED) is 0.807. The number of anilines is 1. The fraction of sp³-hybridized carbons (Fsp3) is 0.133. The van der Waals surface area contributed by atoms with E-state index in [0.717, 1.165) is 0 Å². The van der Waals surface area contributed by atoms with Crippen LogP contribution >= 0.6 is 0 Å². The molecule has 3 aromatic rings. The van der Waals surface area contributed by atoms with Crippen molar-refractivity contribution >= 4 is 11.6 Å². The SMILES string of the molecule is Cc1noc(C)c1C(=O)Nc1cc(F)ccc1-n1cccn1. The Morgan fingerprint density at radius 2 is 2.18 bits per heavy atom. The molecule has 0 saturated heterocycles. The van der Waals surface area contributed by atoms with Gasteiger partial charge in [0.05, 0.1) is 17.1 Å². The number of nitrogens with one attached hydrogen (secondary N) is 1. The number of carbonyl (C=O) groups is 1. The number of amides is 1. The molecule has 1 amide bonds. The molecule has 6 nitrogen and oxygen atoms in total. The average molecular weight is 300 g/mol. The first-order valence-corrected chi connectivity index (χ1v) is 6.60. The van der Waals surface area contributed by atoms with Crippen molar-refractivity contribution in [2.75, 3.05) is 5.32 Å². The van der Waals surface area contributed by atoms with E-state index in [0.29, 0.717) is 28.4 Å². The molecule has 2 heterocycles. The van der Waals surface area contributed by atoms with E-state index in [9.17, 15) is 9.18 Å². The second-order valence-electron chi connectivity index (χ2n) is 4.77. The zero-order valence-corrected chi connectivity index (χ0v) is 12.0. The summed E-state index contributed by atoms with van der Waals surface area (Å²) >= 11 is 0. The normalized spacial score (nSPS) is 10.7. The van der Waals surface area contributed by atoms with Crippen molar-refractivity contribution in [3.05, 3.63) is 59.5 Å². The lowest BCUT2D eigenvalue weighted by atomic mass is 10.2. The van der Waals surface area contributed by atoms with Gasteiger partial charge in [-0.2, -0.15) is 5.10 Å². The summed E-state index contributed by atoms with van der Waals surface area (Å²) in [6.45, 7) is 3.32. The van der Waals surface area contributed by atoms with Gasteiger partial charge in [0.2, 0.25) is 0 Å². The predicted octanol–water partition coefficient (Wildman–Crippen LogP) is 2.87. The highest BCUT2D eigenvalue weighted by atomic mass is 19.1. The fourth-order valence-electron chi connectivity index (χ4n) is 2.21. The summed E-state index contributed by atoms with van der Waals surface area (Å²) < 4.78 is 20.1. The molecule has 112 valence electrons. The smallest absolute Gasteiger partial charge is 0.261 e. The van der Waals surface area contributed by atoms with E-state index in [2.05, 4.69) is 15.6 Å². The standard InChI is InChI=1S/C15H13FN4O2/c1-9-14(10(2)22-19-9)15(21)18-12-8-11(16)4-5-13(12)20-7-3-6-17-20/h3-8H,1-2H3,(H,18,21). The summed E-state index contributed by atoms with van der Waals surface area (Å²) in [5, 5.41) is 10.5. The van der Waals surface area contributed by atoms with E-state index in [1.165, 1.54) is 12.1 Å². The molecule has 1 N–H and O–H groups in total. The molecule has 3 rings (SSSR count). The van der Waals surface area contributed by atoms with Gasteiger partial charge in [-0.15, -0.1) is 0 Å². The van der Waals surface area contributed by atoms with Crippen molar-refractivity contribution in [3.8, 4) is 5.69 Å². The van der Waals surface area contributed by atoms with E-state index < -0.39 is 11.7 Å². The van der Waals surface area contributed by atoms with E-state index in [1.54, 1.807) is 43.1 Å². The van der Waals surface area contributed by atoms with Gasteiger partial charge in [0.1, 0.15) is 17.1 Å². The summed E-state index contributed by atoms with van der Waals surface area (Å²) in [6.07, 6.45) is 3.31. The maximum Gasteiger partial charge on any atom is 0.261 e. The molecule has 1 aromatic carbocycles. The maximum atomic E-state index is 13.5. The van der Waals surface area contributed by atoms with Crippen molar-refractivity contribution in [2.45, 2.75) is 13.8 Å². The third kappa shape index (κ3) is 2.48. The van der Waals surface area contributed by atoms with Crippen LogP contribution in [0.5, 0.6) is 0 Å². The summed E-state index contributed by atoms with van der Waals surface area (Å²) in [6, 6.07) is 5.84. The topological polar surface area (TPSA) is 73.0 Å². The number of carbonyl (C=O) groups excluding carboxylic acids is 1. The van der Waals surface area contributed by atoms with Gasteiger partial charge in [0, 0.05) is 12.4 Å². The minimum Gasteiger partial charge on any atom is -0.361 e. The van der Waals surface area contributed by atoms with E-state index in [4.69, 9.17) is 4.52 Å². The average Bonchev–Trinajstić information content (AvgIpc) is 3.09. The molecular weight excluding hydrogens is 287 g/mol. The Morgan fingerprint density at radius 3 is 2.82 bits per heavy atom. The number of aryl methyl sites for hydroxylation is 2. The number of nitrogens with zero attached hydrogens (tertiary/aromatic N) is 3. The Morgan fingerprint density at radius 1 is 1.36 bits per heavy atom. The van der Waals surface area contributed by atoms with Crippen molar-refractivity contribution < 1.29 is 13.7 Å². The summed E-state index contributed by atoms with van der Waals surface area (Å²) in [5.74, 6) is -0.452. The monoisotopic (exact) mass is 300 g/mol. The first-order chi connectivity index (χ1) is 10.6. The third-order valence-electron chi connectivity index (χ3n) is 3.22. The minimum absolute atomic E-state index is 0.314. The van der Waals surface area contributed by atoms with E-state index >= 15 is 0 Å². The second kappa shape index (κ2) is 5.44. The van der Waals surface area contributed by atoms with Crippen LogP contribution in [-0.2, 0) is 0 Å². The predicted molar refractivity (Wildman–Crippen MR) is 77.5 cm³/mol. The lowest BCUT2D eigenvalue weighted by molar-refractivity contribution is 0.102. The lowest BCUT2D eigenvalue weighted by Gasteiger charge is -2.11. The van der Waals surface area contributed by atoms with E-state index in [1.807, 2.05) is 0 Å². The fourth-order valence-corrected chi connectivity index (χ4v) is 2.21. The summed E-state index contributed by atoms with van der Waals surface area (Å²) in [4.78, 5) is 12.4. The molecule has 0 saturated carbocycles. The largest absolute Gasteiger partial charge is 0.361 e. The molecule has 0 aliphatic rings. The van der Waals surface area contributed by atoms with Crippen LogP contribution in [0.1, 0.15) is 21.8 Å². The lowest BCUT2D eigenvalue weighted by Crippen LogP contribution is -2.15. The highest BCUT2D eigenvalue weighted by Crippen LogP contribution is 2.23. The number of halogens is 1. The zero-order chi connectivity index (χ0) is 15.7. The van der Waals surface area contributed by atoms with Crippen LogP contribution in [0.15, 0.2) is 41.2 Å². The Hall–Kier alpha value is -2.96. The highest BCUT2D eigenvalue weighted by Gasteiger charge is 2.19. The number of rotatable bonds is 3. The van der Waals surface area contributed by atoms with Gasteiger partial charge in [0.25, 0.3) is 5.91 Å². The van der Waals surface area contributed by atoms with Gasteiger partial charge in [-0.25, -0.2) is 9.07 Å². The van der Waals surface area contributed by atoms with Crippen molar-refractivity contribution in [1.82, 2.24) is 14.9 Å². The number of aromatic nitrogens is 3. The van der Waals surface area contributed by atoms with Gasteiger partial charge in [-0.05, 0) is 38.1 Å². The molecule has 0 unspecified atom stereocenters. The molecular formula is C15H13FN4O2. The van der Waals surface area contributed by atoms with Gasteiger partial charge in [0.15, 0.2) is 0 Å². The molecule has 22 heavy (non-hydrogen) atoms. The Balaban J connectivity index is 1.99. The van der Waals surface area contributed by atoms with Gasteiger partial charge in [-0.3, -0.25) is 4.79 Å². The molecule has 0 aliphatic heterocycles. The molecule has 0 aliphatic carbocycles. The Kier molecular flexibility index (Phi) is 3.46. The minimum atomic E-state index is -0.454. The van der Waals surface area contributed by atoms with Crippen LogP contribution in [0.4, 0.5) is 10.1 Å². The van der Waals surface area contributed by atoms with Crippen LogP contribution in [-0.4, -0.2) is 20.8 Å². The first-order valence-electron chi connectivity index (χ1n) is 6.60. The molecule has 0 atom stereocenters. The first kappa shape index (κ1) is 14.0. The number of hydrogen-bond acceptors (Lipinski definition) is 4. The summed E-state index contributed by atoms with van der Waals surface area (Å²) in [7, 11) is 0. The third-order valence-corrected chi connectivity index (χ3v) is 3.22. The zero-order valence-electron chi connectivity index (χ0n) is 12.0. The molecule has 7 heteroatoms. The van der Waals surface area contributed by atoms with Crippen molar-refractivity contribution in [2.24, 2.45) is 0 Å². The second-order valence-corrected chi connectivity index (χ2v) is 4.77. The Labute approximate surface area is 125 Å². The Bertz CT molecular complexity index is 805. The van der Waals surface area contributed by atoms with Crippen LogP contribution in [0.3, 0.4) is 0 Å². The van der Waals surface area contributed by atoms with Crippen molar-refractivity contribution in [1.29, 1.82) is 0 Å². The van der Waals surface area contributed by atoms with Crippen LogP contribution < -0.4 is 5.32 Å². The summed E-state index contributed by atoms with van der Waals surface area (Å²) in [5.41, 5.74) is 1.70. The van der Waals surface area contributed by atoms with E-state index in [-0.39, 0.29) is 0 Å². The maximum absolute atomic E-state index is 13.5. The molecule has 2 aromatic heterocycles. The molecule has 0 bridgehead atoms. The molecule has 0 fully saturated rings. The number of hydrogen-bond donors (Lipinski definition) is 1. The highest BCUT2D eigenvalue weighted by molar-refractivity contribution is 6.06. The van der Waals surface area contributed by atoms with Gasteiger partial charge >= 0.3 is 0 Å². The van der Waals surface area contributed by atoms with Gasteiger partial charge in [-0.1, -0.05) is 5.16 Å².